The number of aromatic amines is 1. The molecule has 0 atom stereocenters. The zero-order chi connectivity index (χ0) is 10.7. The van der Waals surface area contributed by atoms with Crippen molar-refractivity contribution in [2.45, 2.75) is 40.7 Å². The molecule has 1 aromatic heterocycles. The van der Waals surface area contributed by atoms with Crippen molar-refractivity contribution >= 4 is 12.2 Å². The van der Waals surface area contributed by atoms with Crippen molar-refractivity contribution < 1.29 is 0 Å². The van der Waals surface area contributed by atoms with Crippen LogP contribution in [0.5, 0.6) is 0 Å². The molecule has 0 bridgehead atoms. The van der Waals surface area contributed by atoms with E-state index < -0.39 is 0 Å². The van der Waals surface area contributed by atoms with Crippen LogP contribution in [-0.2, 0) is 0 Å². The first-order chi connectivity index (χ1) is 6.28. The minimum Gasteiger partial charge on any atom is -0.335 e. The Labute approximate surface area is 90.3 Å². The fraction of sp³-hybridized carbons (Fsp3) is 0.727. The number of aryl methyl sites for hydroxylation is 1. The SMILES string of the molecule is Cc1cn(C2C(C)(C)C2(C)C)c(=S)[nH]1. The zero-order valence-electron chi connectivity index (χ0n) is 9.51. The summed E-state index contributed by atoms with van der Waals surface area (Å²) in [5, 5.41) is 0. The van der Waals surface area contributed by atoms with Gasteiger partial charge in [0.15, 0.2) is 4.77 Å². The van der Waals surface area contributed by atoms with Gasteiger partial charge in [-0.25, -0.2) is 0 Å². The number of hydrogen-bond donors (Lipinski definition) is 1. The summed E-state index contributed by atoms with van der Waals surface area (Å²) in [5.41, 5.74) is 1.84. The first-order valence-corrected chi connectivity index (χ1v) is 5.47. The maximum Gasteiger partial charge on any atom is 0.177 e. The molecule has 2 nitrogen and oxygen atoms in total. The Morgan fingerprint density at radius 2 is 1.79 bits per heavy atom. The minimum atomic E-state index is 0.347. The number of imidazole rings is 1. The molecule has 3 heteroatoms. The molecular formula is C11H18N2S. The normalized spacial score (nSPS) is 23.8. The third-order valence-electron chi connectivity index (χ3n) is 4.09. The van der Waals surface area contributed by atoms with Gasteiger partial charge in [0.1, 0.15) is 0 Å². The average molecular weight is 210 g/mol. The molecule has 14 heavy (non-hydrogen) atoms. The molecule has 1 aliphatic rings. The Balaban J connectivity index is 2.46. The Kier molecular flexibility index (Phi) is 1.79. The van der Waals surface area contributed by atoms with Crippen LogP contribution in [0.3, 0.4) is 0 Å². The molecule has 0 radical (unpaired) electrons. The van der Waals surface area contributed by atoms with Crippen LogP contribution in [0.2, 0.25) is 0 Å². The second-order valence-electron chi connectivity index (χ2n) is 5.50. The van der Waals surface area contributed by atoms with Crippen LogP contribution in [-0.4, -0.2) is 9.55 Å². The lowest BCUT2D eigenvalue weighted by Gasteiger charge is -2.02. The fourth-order valence-corrected chi connectivity index (χ4v) is 2.90. The number of nitrogens with one attached hydrogen (secondary N) is 1. The first-order valence-electron chi connectivity index (χ1n) is 5.06. The topological polar surface area (TPSA) is 20.7 Å². The zero-order valence-corrected chi connectivity index (χ0v) is 10.3. The molecule has 0 aromatic carbocycles. The Hall–Kier alpha value is -0.570. The van der Waals surface area contributed by atoms with Gasteiger partial charge in [0.2, 0.25) is 0 Å². The van der Waals surface area contributed by atoms with Crippen LogP contribution < -0.4 is 0 Å². The largest absolute Gasteiger partial charge is 0.335 e. The van der Waals surface area contributed by atoms with Crippen molar-refractivity contribution in [3.63, 3.8) is 0 Å². The number of hydrogen-bond acceptors (Lipinski definition) is 1. The van der Waals surface area contributed by atoms with E-state index in [1.165, 1.54) is 0 Å². The van der Waals surface area contributed by atoms with E-state index in [1.54, 1.807) is 0 Å². The van der Waals surface area contributed by atoms with E-state index in [1.807, 2.05) is 0 Å². The molecule has 2 rings (SSSR count). The highest BCUT2D eigenvalue weighted by Crippen LogP contribution is 2.71. The van der Waals surface area contributed by atoms with Crippen LogP contribution in [0.1, 0.15) is 39.4 Å². The molecule has 0 saturated heterocycles. The molecule has 78 valence electrons. The van der Waals surface area contributed by atoms with Crippen molar-refractivity contribution in [2.75, 3.05) is 0 Å². The van der Waals surface area contributed by atoms with E-state index >= 15 is 0 Å². The van der Waals surface area contributed by atoms with Crippen molar-refractivity contribution in [2.24, 2.45) is 10.8 Å². The standard InChI is InChI=1S/C11H18N2S/c1-7-6-13(9(14)12-7)8-10(2,3)11(8,4)5/h6,8H,1-5H3,(H,12,14). The van der Waals surface area contributed by atoms with E-state index in [-0.39, 0.29) is 0 Å². The van der Waals surface area contributed by atoms with Gasteiger partial charge < -0.3 is 9.55 Å². The molecule has 0 unspecified atom stereocenters. The van der Waals surface area contributed by atoms with E-state index in [0.29, 0.717) is 16.9 Å². The third kappa shape index (κ3) is 1.05. The highest BCUT2D eigenvalue weighted by Gasteiger charge is 2.66. The second-order valence-corrected chi connectivity index (χ2v) is 5.88. The first kappa shape index (κ1) is 9.97. The highest BCUT2D eigenvalue weighted by molar-refractivity contribution is 7.71. The monoisotopic (exact) mass is 210 g/mol. The summed E-state index contributed by atoms with van der Waals surface area (Å²) in [7, 11) is 0. The lowest BCUT2D eigenvalue weighted by Crippen LogP contribution is -1.98. The molecule has 1 saturated carbocycles. The van der Waals surface area contributed by atoms with Gasteiger partial charge in [-0.3, -0.25) is 0 Å². The molecule has 1 fully saturated rings. The van der Waals surface area contributed by atoms with Gasteiger partial charge in [-0.05, 0) is 30.0 Å². The highest BCUT2D eigenvalue weighted by atomic mass is 32.1. The second kappa shape index (κ2) is 2.51. The van der Waals surface area contributed by atoms with Crippen LogP contribution in [0.25, 0.3) is 0 Å². The lowest BCUT2D eigenvalue weighted by atomic mass is 10.0. The number of rotatable bonds is 1. The maximum absolute atomic E-state index is 5.30. The summed E-state index contributed by atoms with van der Waals surface area (Å²) >= 11 is 5.30. The van der Waals surface area contributed by atoms with Gasteiger partial charge in [0.05, 0.1) is 0 Å². The summed E-state index contributed by atoms with van der Waals surface area (Å²) < 4.78 is 3.07. The summed E-state index contributed by atoms with van der Waals surface area (Å²) in [5.74, 6) is 0. The van der Waals surface area contributed by atoms with E-state index in [9.17, 15) is 0 Å². The van der Waals surface area contributed by atoms with Crippen molar-refractivity contribution in [3.05, 3.63) is 16.7 Å². The van der Waals surface area contributed by atoms with E-state index in [4.69, 9.17) is 12.2 Å². The predicted molar refractivity (Wildman–Crippen MR) is 61.0 cm³/mol. The molecule has 0 spiro atoms. The minimum absolute atomic E-state index is 0.347. The van der Waals surface area contributed by atoms with Crippen LogP contribution in [0, 0.1) is 22.5 Å². The number of nitrogens with zero attached hydrogens (tertiary/aromatic N) is 1. The summed E-state index contributed by atoms with van der Waals surface area (Å²) in [4.78, 5) is 3.18. The van der Waals surface area contributed by atoms with Gasteiger partial charge in [-0.2, -0.15) is 0 Å². The Morgan fingerprint density at radius 1 is 1.29 bits per heavy atom. The molecule has 1 aromatic rings. The fourth-order valence-electron chi connectivity index (χ4n) is 2.58. The molecule has 0 amide bonds. The predicted octanol–water partition coefficient (Wildman–Crippen LogP) is 3.46. The Morgan fingerprint density at radius 3 is 2.07 bits per heavy atom. The van der Waals surface area contributed by atoms with Crippen molar-refractivity contribution in [1.29, 1.82) is 0 Å². The summed E-state index contributed by atoms with van der Waals surface area (Å²) in [6, 6.07) is 0.535. The smallest absolute Gasteiger partial charge is 0.177 e. The quantitative estimate of drug-likeness (QED) is 0.704. The van der Waals surface area contributed by atoms with E-state index in [0.717, 1.165) is 10.5 Å². The van der Waals surface area contributed by atoms with Crippen molar-refractivity contribution in [3.8, 4) is 0 Å². The van der Waals surface area contributed by atoms with Crippen LogP contribution in [0.15, 0.2) is 6.20 Å². The molecule has 1 aliphatic carbocycles. The maximum atomic E-state index is 5.30. The molecule has 1 N–H and O–H groups in total. The van der Waals surface area contributed by atoms with Crippen LogP contribution in [0.4, 0.5) is 0 Å². The van der Waals surface area contributed by atoms with Gasteiger partial charge in [0, 0.05) is 17.9 Å². The van der Waals surface area contributed by atoms with Crippen molar-refractivity contribution in [1.82, 2.24) is 9.55 Å². The Bertz CT molecular complexity index is 409. The number of H-pyrrole nitrogens is 1. The molecular weight excluding hydrogens is 192 g/mol. The van der Waals surface area contributed by atoms with Gasteiger partial charge in [0.25, 0.3) is 0 Å². The average Bonchev–Trinajstić information content (AvgIpc) is 2.32. The van der Waals surface area contributed by atoms with Crippen LogP contribution >= 0.6 is 12.2 Å². The van der Waals surface area contributed by atoms with Gasteiger partial charge in [-0.1, -0.05) is 27.7 Å². The summed E-state index contributed by atoms with van der Waals surface area (Å²) in [6.07, 6.45) is 2.13. The molecule has 1 heterocycles. The van der Waals surface area contributed by atoms with Gasteiger partial charge >= 0.3 is 0 Å². The van der Waals surface area contributed by atoms with E-state index in [2.05, 4.69) is 50.4 Å². The number of aromatic nitrogens is 2. The molecule has 0 aliphatic heterocycles. The third-order valence-corrected chi connectivity index (χ3v) is 4.41. The van der Waals surface area contributed by atoms with Gasteiger partial charge in [-0.15, -0.1) is 0 Å². The summed E-state index contributed by atoms with van der Waals surface area (Å²) in [6.45, 7) is 11.3. The lowest BCUT2D eigenvalue weighted by molar-refractivity contribution is 0.457.